The first-order chi connectivity index (χ1) is 15.1. The van der Waals surface area contributed by atoms with Gasteiger partial charge in [-0.1, -0.05) is 60.6 Å². The van der Waals surface area contributed by atoms with Gasteiger partial charge in [0.25, 0.3) is 0 Å². The Labute approximate surface area is 189 Å². The molecule has 1 aliphatic rings. The van der Waals surface area contributed by atoms with Gasteiger partial charge in [-0.3, -0.25) is 0 Å². The molecule has 0 aliphatic carbocycles. The lowest BCUT2D eigenvalue weighted by Gasteiger charge is -2.16. The van der Waals surface area contributed by atoms with Crippen molar-refractivity contribution >= 4 is 29.1 Å². The molecular weight excluding hydrogens is 432 g/mol. The lowest BCUT2D eigenvalue weighted by molar-refractivity contribution is 0.196. The standard InChI is InChI=1S/C23H19ClN4O2S/c1-3-31-23-26-22-20(27-28-23)15-7-4-5-10-17(15)25-21(30-22)19-12-11-18(29-19)14-8-6-9-16(24)13(14)2/h4-12,21,25H,3H2,1-2H3. The number of benzene rings is 2. The molecule has 1 aliphatic heterocycles. The number of anilines is 1. The van der Waals surface area contributed by atoms with Crippen molar-refractivity contribution in [1.29, 1.82) is 0 Å². The van der Waals surface area contributed by atoms with Crippen LogP contribution in [0.3, 0.4) is 0 Å². The minimum absolute atomic E-state index is 0.422. The van der Waals surface area contributed by atoms with E-state index in [9.17, 15) is 0 Å². The number of rotatable bonds is 4. The molecule has 0 saturated heterocycles. The summed E-state index contributed by atoms with van der Waals surface area (Å²) in [5.41, 5.74) is 4.26. The zero-order valence-electron chi connectivity index (χ0n) is 16.9. The lowest BCUT2D eigenvalue weighted by Crippen LogP contribution is -2.16. The van der Waals surface area contributed by atoms with Crippen molar-refractivity contribution in [3.8, 4) is 28.5 Å². The quantitative estimate of drug-likeness (QED) is 0.362. The van der Waals surface area contributed by atoms with Crippen LogP contribution in [0.4, 0.5) is 5.69 Å². The van der Waals surface area contributed by atoms with Gasteiger partial charge in [0.05, 0.1) is 0 Å². The second kappa shape index (κ2) is 8.24. The molecule has 1 atom stereocenters. The van der Waals surface area contributed by atoms with Crippen molar-refractivity contribution in [3.63, 3.8) is 0 Å². The monoisotopic (exact) mass is 450 g/mol. The van der Waals surface area contributed by atoms with Crippen LogP contribution < -0.4 is 10.1 Å². The van der Waals surface area contributed by atoms with E-state index >= 15 is 0 Å². The first-order valence-electron chi connectivity index (χ1n) is 9.89. The van der Waals surface area contributed by atoms with Crippen LogP contribution in [-0.2, 0) is 0 Å². The number of ether oxygens (including phenoxy) is 1. The Hall–Kier alpha value is -3.03. The molecule has 1 N–H and O–H groups in total. The maximum atomic E-state index is 6.29. The summed E-state index contributed by atoms with van der Waals surface area (Å²) >= 11 is 7.81. The number of furan rings is 1. The molecule has 0 saturated carbocycles. The maximum Gasteiger partial charge on any atom is 0.247 e. The topological polar surface area (TPSA) is 73.1 Å². The normalized spacial score (nSPS) is 14.7. The van der Waals surface area contributed by atoms with Crippen LogP contribution in [0.5, 0.6) is 5.88 Å². The molecule has 2 aromatic heterocycles. The number of nitrogens with zero attached hydrogens (tertiary/aromatic N) is 3. The van der Waals surface area contributed by atoms with E-state index in [2.05, 4.69) is 20.5 Å². The Bertz CT molecular complexity index is 1260. The highest BCUT2D eigenvalue weighted by Gasteiger charge is 2.28. The van der Waals surface area contributed by atoms with Gasteiger partial charge < -0.3 is 14.5 Å². The summed E-state index contributed by atoms with van der Waals surface area (Å²) in [6.45, 7) is 4.02. The summed E-state index contributed by atoms with van der Waals surface area (Å²) < 4.78 is 12.5. The second-order valence-corrected chi connectivity index (χ2v) is 8.62. The fraction of sp³-hybridized carbons (Fsp3) is 0.174. The SMILES string of the molecule is CCSc1nnc2c(n1)OC(c1ccc(-c3cccc(Cl)c3C)o1)Nc1ccccc1-2. The van der Waals surface area contributed by atoms with Crippen molar-refractivity contribution in [3.05, 3.63) is 70.9 Å². The fourth-order valence-electron chi connectivity index (χ4n) is 3.48. The highest BCUT2D eigenvalue weighted by Crippen LogP contribution is 2.40. The molecule has 0 fully saturated rings. The molecular formula is C23H19ClN4O2S. The Morgan fingerprint density at radius 1 is 1.03 bits per heavy atom. The van der Waals surface area contributed by atoms with E-state index in [1.807, 2.05) is 68.4 Å². The zero-order chi connectivity index (χ0) is 21.4. The van der Waals surface area contributed by atoms with Crippen molar-refractivity contribution in [2.45, 2.75) is 25.2 Å². The summed E-state index contributed by atoms with van der Waals surface area (Å²) in [5, 5.41) is 13.3. The van der Waals surface area contributed by atoms with Gasteiger partial charge in [-0.25, -0.2) is 0 Å². The Balaban J connectivity index is 1.56. The molecule has 0 spiro atoms. The molecule has 0 bridgehead atoms. The van der Waals surface area contributed by atoms with E-state index in [0.717, 1.165) is 33.9 Å². The van der Waals surface area contributed by atoms with Crippen LogP contribution >= 0.6 is 23.4 Å². The van der Waals surface area contributed by atoms with Gasteiger partial charge in [0.15, 0.2) is 11.5 Å². The molecule has 4 aromatic rings. The van der Waals surface area contributed by atoms with Crippen LogP contribution in [0.25, 0.3) is 22.6 Å². The van der Waals surface area contributed by atoms with Crippen LogP contribution in [0.2, 0.25) is 5.02 Å². The first-order valence-corrected chi connectivity index (χ1v) is 11.3. The summed E-state index contributed by atoms with van der Waals surface area (Å²) in [7, 11) is 0. The molecule has 156 valence electrons. The molecule has 5 rings (SSSR count). The van der Waals surface area contributed by atoms with Crippen LogP contribution in [0.1, 0.15) is 24.5 Å². The first kappa shape index (κ1) is 19.9. The van der Waals surface area contributed by atoms with Gasteiger partial charge in [0, 0.05) is 21.8 Å². The van der Waals surface area contributed by atoms with E-state index < -0.39 is 6.23 Å². The highest BCUT2D eigenvalue weighted by atomic mass is 35.5. The van der Waals surface area contributed by atoms with Crippen LogP contribution in [-0.4, -0.2) is 20.9 Å². The van der Waals surface area contributed by atoms with Crippen molar-refractivity contribution in [2.75, 3.05) is 11.1 Å². The van der Waals surface area contributed by atoms with Gasteiger partial charge in [-0.2, -0.15) is 4.98 Å². The van der Waals surface area contributed by atoms with Gasteiger partial charge in [-0.15, -0.1) is 10.2 Å². The van der Waals surface area contributed by atoms with E-state index in [1.54, 1.807) is 0 Å². The average Bonchev–Trinajstić information content (AvgIpc) is 3.20. The summed E-state index contributed by atoms with van der Waals surface area (Å²) in [5.74, 6) is 2.62. The number of hydrogen-bond acceptors (Lipinski definition) is 7. The molecule has 0 radical (unpaired) electrons. The van der Waals surface area contributed by atoms with Crippen molar-refractivity contribution < 1.29 is 9.15 Å². The molecule has 0 amide bonds. The molecule has 31 heavy (non-hydrogen) atoms. The van der Waals surface area contributed by atoms with Gasteiger partial charge in [-0.05, 0) is 42.5 Å². The number of fused-ring (bicyclic) bond motifs is 3. The van der Waals surface area contributed by atoms with E-state index in [1.165, 1.54) is 11.8 Å². The number of nitrogens with one attached hydrogen (secondary N) is 1. The molecule has 8 heteroatoms. The fourth-order valence-corrected chi connectivity index (χ4v) is 4.16. The second-order valence-electron chi connectivity index (χ2n) is 6.98. The third kappa shape index (κ3) is 3.75. The van der Waals surface area contributed by atoms with Crippen LogP contribution in [0.15, 0.2) is 64.2 Å². The summed E-state index contributed by atoms with van der Waals surface area (Å²) in [6, 6.07) is 17.4. The highest BCUT2D eigenvalue weighted by molar-refractivity contribution is 7.99. The van der Waals surface area contributed by atoms with E-state index in [4.69, 9.17) is 20.8 Å². The lowest BCUT2D eigenvalue weighted by atomic mass is 10.1. The third-order valence-corrected chi connectivity index (χ3v) is 6.15. The number of aromatic nitrogens is 3. The number of thioether (sulfide) groups is 1. The molecule has 3 heterocycles. The third-order valence-electron chi connectivity index (χ3n) is 5.03. The number of para-hydroxylation sites is 1. The van der Waals surface area contributed by atoms with Gasteiger partial charge in [0.2, 0.25) is 17.3 Å². The zero-order valence-corrected chi connectivity index (χ0v) is 18.5. The average molecular weight is 451 g/mol. The number of halogens is 1. The number of hydrogen-bond donors (Lipinski definition) is 1. The van der Waals surface area contributed by atoms with E-state index in [-0.39, 0.29) is 0 Å². The smallest absolute Gasteiger partial charge is 0.247 e. The Morgan fingerprint density at radius 3 is 2.74 bits per heavy atom. The van der Waals surface area contributed by atoms with E-state index in [0.29, 0.717) is 27.5 Å². The predicted octanol–water partition coefficient (Wildman–Crippen LogP) is 6.38. The minimum atomic E-state index is -0.577. The van der Waals surface area contributed by atoms with Gasteiger partial charge in [0.1, 0.15) is 5.76 Å². The summed E-state index contributed by atoms with van der Waals surface area (Å²) in [4.78, 5) is 4.60. The molecule has 6 nitrogen and oxygen atoms in total. The van der Waals surface area contributed by atoms with Crippen LogP contribution in [0, 0.1) is 6.92 Å². The summed E-state index contributed by atoms with van der Waals surface area (Å²) in [6.07, 6.45) is -0.577. The molecule has 1 unspecified atom stereocenters. The minimum Gasteiger partial charge on any atom is -0.455 e. The Morgan fingerprint density at radius 2 is 1.87 bits per heavy atom. The van der Waals surface area contributed by atoms with Crippen molar-refractivity contribution in [2.24, 2.45) is 0 Å². The maximum absolute atomic E-state index is 6.29. The predicted molar refractivity (Wildman–Crippen MR) is 123 cm³/mol. The van der Waals surface area contributed by atoms with Crippen molar-refractivity contribution in [1.82, 2.24) is 15.2 Å². The Kier molecular flexibility index (Phi) is 5.29. The van der Waals surface area contributed by atoms with Gasteiger partial charge >= 0.3 is 0 Å². The molecule has 2 aromatic carbocycles. The largest absolute Gasteiger partial charge is 0.455 e.